The maximum absolute atomic E-state index is 2.30. The first-order valence-electron chi connectivity index (χ1n) is 3.60. The molecule has 0 aromatic carbocycles. The van der Waals surface area contributed by atoms with Crippen LogP contribution in [0.25, 0.3) is 0 Å². The molecule has 0 N–H and O–H groups in total. The van der Waals surface area contributed by atoms with Gasteiger partial charge >= 0.3 is 0 Å². The fourth-order valence-electron chi connectivity index (χ4n) is 0.694. The molecule has 0 aromatic heterocycles. The molecule has 0 rings (SSSR count). The van der Waals surface area contributed by atoms with Gasteiger partial charge < -0.3 is 0 Å². The Hall–Kier alpha value is 0.270. The zero-order valence-corrected chi connectivity index (χ0v) is 8.40. The van der Waals surface area contributed by atoms with Crippen LogP contribution in [0.15, 0.2) is 0 Å². The predicted molar refractivity (Wildman–Crippen MR) is 49.0 cm³/mol. The molecule has 62 valence electrons. The summed E-state index contributed by atoms with van der Waals surface area (Å²) < 4.78 is 2.24. The fourth-order valence-corrected chi connectivity index (χ4v) is 1.16. The van der Waals surface area contributed by atoms with E-state index in [2.05, 4.69) is 43.4 Å². The van der Waals surface area contributed by atoms with Crippen molar-refractivity contribution in [3.63, 3.8) is 0 Å². The van der Waals surface area contributed by atoms with Crippen molar-refractivity contribution < 1.29 is 0 Å². The molecule has 2 nitrogen and oxygen atoms in total. The molecule has 1 unspecified atom stereocenters. The average molecular weight is 162 g/mol. The lowest BCUT2D eigenvalue weighted by atomic mass is 10.5. The molecule has 0 heterocycles. The van der Waals surface area contributed by atoms with Gasteiger partial charge in [0.05, 0.1) is 6.17 Å². The molecule has 0 saturated heterocycles. The summed E-state index contributed by atoms with van der Waals surface area (Å²) in [5, 5.41) is 0. The van der Waals surface area contributed by atoms with Crippen LogP contribution >= 0.6 is 11.9 Å². The Labute approximate surface area is 68.7 Å². The Morgan fingerprint density at radius 2 is 1.90 bits per heavy atom. The van der Waals surface area contributed by atoms with E-state index in [0.717, 1.165) is 6.54 Å². The van der Waals surface area contributed by atoms with E-state index in [1.807, 2.05) is 0 Å². The standard InChI is InChI=1S/C7H18N2S/c1-6-8(3)7(2)9(4)10-5/h7H,6H2,1-5H3. The van der Waals surface area contributed by atoms with E-state index < -0.39 is 0 Å². The lowest BCUT2D eigenvalue weighted by Gasteiger charge is -2.29. The normalized spacial score (nSPS) is 14.7. The van der Waals surface area contributed by atoms with Gasteiger partial charge in [0.25, 0.3) is 0 Å². The van der Waals surface area contributed by atoms with E-state index in [1.165, 1.54) is 0 Å². The van der Waals surface area contributed by atoms with Crippen LogP contribution in [0.2, 0.25) is 0 Å². The molecule has 0 bridgehead atoms. The van der Waals surface area contributed by atoms with E-state index in [4.69, 9.17) is 0 Å². The Morgan fingerprint density at radius 3 is 2.20 bits per heavy atom. The molecule has 1 atom stereocenters. The molecule has 0 aliphatic rings. The van der Waals surface area contributed by atoms with Crippen LogP contribution in [0.5, 0.6) is 0 Å². The van der Waals surface area contributed by atoms with Gasteiger partial charge in [0.2, 0.25) is 0 Å². The first-order valence-corrected chi connectivity index (χ1v) is 4.78. The number of hydrogen-bond donors (Lipinski definition) is 0. The largest absolute Gasteiger partial charge is 0.291 e. The SMILES string of the molecule is CCN(C)C(C)N(C)SC. The van der Waals surface area contributed by atoms with Crippen molar-refractivity contribution in [1.29, 1.82) is 0 Å². The Kier molecular flexibility index (Phi) is 5.13. The molecule has 0 amide bonds. The molecular formula is C7H18N2S. The summed E-state index contributed by atoms with van der Waals surface area (Å²) in [6.07, 6.45) is 2.62. The quantitative estimate of drug-likeness (QED) is 0.457. The van der Waals surface area contributed by atoms with Crippen LogP contribution in [-0.4, -0.2) is 42.3 Å². The summed E-state index contributed by atoms with van der Waals surface area (Å²) in [5.74, 6) is 0. The van der Waals surface area contributed by atoms with Gasteiger partial charge in [-0.1, -0.05) is 18.9 Å². The van der Waals surface area contributed by atoms with Gasteiger partial charge in [-0.2, -0.15) is 0 Å². The molecule has 3 heteroatoms. The van der Waals surface area contributed by atoms with Crippen LogP contribution < -0.4 is 0 Å². The third kappa shape index (κ3) is 2.90. The highest BCUT2D eigenvalue weighted by molar-refractivity contribution is 7.96. The summed E-state index contributed by atoms with van der Waals surface area (Å²) in [7, 11) is 4.25. The van der Waals surface area contributed by atoms with Crippen molar-refractivity contribution in [3.05, 3.63) is 0 Å². The highest BCUT2D eigenvalue weighted by Crippen LogP contribution is 2.08. The highest BCUT2D eigenvalue weighted by Gasteiger charge is 2.10. The van der Waals surface area contributed by atoms with Gasteiger partial charge in [0.1, 0.15) is 0 Å². The van der Waals surface area contributed by atoms with Crippen molar-refractivity contribution in [2.24, 2.45) is 0 Å². The maximum Gasteiger partial charge on any atom is 0.0686 e. The highest BCUT2D eigenvalue weighted by atomic mass is 32.2. The fraction of sp³-hybridized carbons (Fsp3) is 1.00. The van der Waals surface area contributed by atoms with Crippen LogP contribution in [0.4, 0.5) is 0 Å². The molecule has 10 heavy (non-hydrogen) atoms. The maximum atomic E-state index is 2.30. The average Bonchev–Trinajstić information content (AvgIpc) is 2.00. The molecule has 0 radical (unpaired) electrons. The number of nitrogens with zero attached hydrogens (tertiary/aromatic N) is 2. The zero-order valence-electron chi connectivity index (χ0n) is 7.59. The monoisotopic (exact) mass is 162 g/mol. The topological polar surface area (TPSA) is 6.48 Å². The molecule has 0 aliphatic carbocycles. The van der Waals surface area contributed by atoms with Crippen molar-refractivity contribution in [1.82, 2.24) is 9.21 Å². The Morgan fingerprint density at radius 1 is 1.40 bits per heavy atom. The van der Waals surface area contributed by atoms with E-state index in [-0.39, 0.29) is 0 Å². The van der Waals surface area contributed by atoms with E-state index >= 15 is 0 Å². The van der Waals surface area contributed by atoms with Crippen LogP contribution in [-0.2, 0) is 0 Å². The third-order valence-corrected chi connectivity index (χ3v) is 2.83. The van der Waals surface area contributed by atoms with Gasteiger partial charge in [-0.15, -0.1) is 0 Å². The zero-order chi connectivity index (χ0) is 8.15. The minimum absolute atomic E-state index is 0.528. The minimum Gasteiger partial charge on any atom is -0.291 e. The van der Waals surface area contributed by atoms with Crippen molar-refractivity contribution >= 4 is 11.9 Å². The molecule has 0 saturated carbocycles. The summed E-state index contributed by atoms with van der Waals surface area (Å²) in [4.78, 5) is 2.30. The van der Waals surface area contributed by atoms with Crippen molar-refractivity contribution in [2.45, 2.75) is 20.0 Å². The summed E-state index contributed by atoms with van der Waals surface area (Å²) in [6, 6.07) is 0. The van der Waals surface area contributed by atoms with Crippen LogP contribution in [0, 0.1) is 0 Å². The van der Waals surface area contributed by atoms with Crippen LogP contribution in [0.1, 0.15) is 13.8 Å². The van der Waals surface area contributed by atoms with E-state index in [1.54, 1.807) is 11.9 Å². The van der Waals surface area contributed by atoms with E-state index in [0.29, 0.717) is 6.17 Å². The van der Waals surface area contributed by atoms with E-state index in [9.17, 15) is 0 Å². The number of rotatable bonds is 4. The van der Waals surface area contributed by atoms with Gasteiger partial charge in [-0.3, -0.25) is 4.90 Å². The first kappa shape index (κ1) is 10.3. The summed E-state index contributed by atoms with van der Waals surface area (Å²) >= 11 is 1.77. The molecule has 0 fully saturated rings. The number of hydrogen-bond acceptors (Lipinski definition) is 3. The molecule has 0 aliphatic heterocycles. The van der Waals surface area contributed by atoms with Gasteiger partial charge in [0, 0.05) is 0 Å². The Balaban J connectivity index is 3.69. The second kappa shape index (κ2) is 4.99. The van der Waals surface area contributed by atoms with Crippen molar-refractivity contribution in [3.8, 4) is 0 Å². The second-order valence-electron chi connectivity index (χ2n) is 2.43. The van der Waals surface area contributed by atoms with Crippen LogP contribution in [0.3, 0.4) is 0 Å². The summed E-state index contributed by atoms with van der Waals surface area (Å²) in [5.41, 5.74) is 0. The third-order valence-electron chi connectivity index (χ3n) is 1.95. The molecule has 0 aromatic rings. The predicted octanol–water partition coefficient (Wildman–Crippen LogP) is 1.49. The lowest BCUT2D eigenvalue weighted by Crippen LogP contribution is -2.38. The first-order chi connectivity index (χ1) is 4.63. The smallest absolute Gasteiger partial charge is 0.0686 e. The minimum atomic E-state index is 0.528. The van der Waals surface area contributed by atoms with Crippen molar-refractivity contribution in [2.75, 3.05) is 26.9 Å². The molecular weight excluding hydrogens is 144 g/mol. The second-order valence-corrected chi connectivity index (χ2v) is 3.37. The van der Waals surface area contributed by atoms with Gasteiger partial charge in [-0.25, -0.2) is 4.31 Å². The Bertz CT molecular complexity index is 77.7. The lowest BCUT2D eigenvalue weighted by molar-refractivity contribution is 0.179. The summed E-state index contributed by atoms with van der Waals surface area (Å²) in [6.45, 7) is 5.48. The molecule has 0 spiro atoms. The van der Waals surface area contributed by atoms with Gasteiger partial charge in [0.15, 0.2) is 0 Å². The van der Waals surface area contributed by atoms with Gasteiger partial charge in [-0.05, 0) is 33.8 Å².